The highest BCUT2D eigenvalue weighted by atomic mass is 32.2. The van der Waals surface area contributed by atoms with E-state index in [9.17, 15) is 22.8 Å². The van der Waals surface area contributed by atoms with Crippen molar-refractivity contribution in [1.29, 1.82) is 0 Å². The molecule has 1 aromatic carbocycles. The quantitative estimate of drug-likeness (QED) is 0.386. The predicted octanol–water partition coefficient (Wildman–Crippen LogP) is 0.175. The second-order valence-corrected chi connectivity index (χ2v) is 7.06. The van der Waals surface area contributed by atoms with Crippen molar-refractivity contribution < 1.29 is 32.3 Å². The summed E-state index contributed by atoms with van der Waals surface area (Å²) in [4.78, 5) is 34.0. The second-order valence-electron chi connectivity index (χ2n) is 5.38. The molecule has 1 fully saturated rings. The van der Waals surface area contributed by atoms with E-state index in [1.165, 1.54) is 38.1 Å². The molecular weight excluding hydrogens is 354 g/mol. The number of amides is 2. The molecular formula is C14H15N3O7S. The number of urea groups is 1. The zero-order valence-corrected chi connectivity index (χ0v) is 14.0. The van der Waals surface area contributed by atoms with Gasteiger partial charge in [0.25, 0.3) is 15.8 Å². The first-order valence-corrected chi connectivity index (χ1v) is 8.34. The van der Waals surface area contributed by atoms with Gasteiger partial charge in [0, 0.05) is 25.7 Å². The summed E-state index contributed by atoms with van der Waals surface area (Å²) in [5, 5.41) is 2.65. The Morgan fingerprint density at radius 1 is 1.12 bits per heavy atom. The maximum absolute atomic E-state index is 11.8. The number of hydrogen-bond donors (Lipinski definition) is 3. The summed E-state index contributed by atoms with van der Waals surface area (Å²) < 4.78 is 34.9. The minimum Gasteiger partial charge on any atom is -0.419 e. The Morgan fingerprint density at radius 3 is 2.12 bits per heavy atom. The van der Waals surface area contributed by atoms with Crippen molar-refractivity contribution in [3.05, 3.63) is 36.0 Å². The van der Waals surface area contributed by atoms with Crippen molar-refractivity contribution in [2.75, 3.05) is 5.32 Å². The summed E-state index contributed by atoms with van der Waals surface area (Å²) in [6.07, 6.45) is 1.09. The van der Waals surface area contributed by atoms with Crippen LogP contribution in [0.1, 0.15) is 13.8 Å². The first-order chi connectivity index (χ1) is 11.5. The number of cyclic esters (lactones) is 2. The molecule has 2 amide bonds. The Balaban J connectivity index is 2.13. The summed E-state index contributed by atoms with van der Waals surface area (Å²) in [5.74, 6) is -3.04. The van der Waals surface area contributed by atoms with Gasteiger partial charge in [0.2, 0.25) is 0 Å². The van der Waals surface area contributed by atoms with E-state index >= 15 is 0 Å². The molecule has 0 radical (unpaired) electrons. The molecule has 0 aliphatic carbocycles. The Hall–Kier alpha value is -3.08. The van der Waals surface area contributed by atoms with Gasteiger partial charge in [-0.25, -0.2) is 27.5 Å². The van der Waals surface area contributed by atoms with E-state index in [0.717, 1.165) is 6.20 Å². The number of sulfonamides is 1. The summed E-state index contributed by atoms with van der Waals surface area (Å²) in [5.41, 5.74) is 4.81. The van der Waals surface area contributed by atoms with E-state index in [4.69, 9.17) is 15.2 Å². The normalized spacial score (nSPS) is 16.5. The third-order valence-corrected chi connectivity index (χ3v) is 4.26. The summed E-state index contributed by atoms with van der Waals surface area (Å²) in [7, 11) is -4.06. The predicted molar refractivity (Wildman–Crippen MR) is 84.3 cm³/mol. The first-order valence-electron chi connectivity index (χ1n) is 6.86. The van der Waals surface area contributed by atoms with Crippen LogP contribution in [-0.2, 0) is 29.1 Å². The lowest BCUT2D eigenvalue weighted by molar-refractivity contribution is -0.222. The minimum atomic E-state index is -4.06. The minimum absolute atomic E-state index is 0.192. The van der Waals surface area contributed by atoms with Gasteiger partial charge in [-0.2, -0.15) is 0 Å². The highest BCUT2D eigenvalue weighted by Crippen LogP contribution is 2.23. The van der Waals surface area contributed by atoms with Crippen LogP contribution in [0.25, 0.3) is 0 Å². The summed E-state index contributed by atoms with van der Waals surface area (Å²) >= 11 is 0. The molecule has 1 saturated heterocycles. The Kier molecular flexibility index (Phi) is 4.70. The Morgan fingerprint density at radius 2 is 1.64 bits per heavy atom. The number of benzene rings is 1. The molecule has 4 N–H and O–H groups in total. The number of rotatable bonds is 4. The molecule has 1 aliphatic heterocycles. The van der Waals surface area contributed by atoms with Crippen molar-refractivity contribution in [2.45, 2.75) is 24.5 Å². The maximum Gasteiger partial charge on any atom is 0.350 e. The number of ether oxygens (including phenoxy) is 2. The molecule has 11 heteroatoms. The van der Waals surface area contributed by atoms with Crippen LogP contribution in [0.3, 0.4) is 0 Å². The van der Waals surface area contributed by atoms with E-state index in [1.54, 1.807) is 4.72 Å². The lowest BCUT2D eigenvalue weighted by atomic mass is 10.2. The van der Waals surface area contributed by atoms with Crippen LogP contribution in [0.15, 0.2) is 40.9 Å². The Labute approximate surface area is 143 Å². The maximum atomic E-state index is 11.8. The van der Waals surface area contributed by atoms with Crippen LogP contribution >= 0.6 is 0 Å². The number of nitrogens with two attached hydrogens (primary N) is 1. The topological polar surface area (TPSA) is 154 Å². The summed E-state index contributed by atoms with van der Waals surface area (Å²) in [6, 6.07) is 3.91. The second kappa shape index (κ2) is 6.43. The third kappa shape index (κ3) is 4.47. The van der Waals surface area contributed by atoms with E-state index in [1.807, 2.05) is 0 Å². The SMILES string of the molecule is CC1(C)OC(=O)C(=CNc2ccc(S(=O)(=O)NC(N)=O)cc2)C(=O)O1. The fourth-order valence-electron chi connectivity index (χ4n) is 1.86. The van der Waals surface area contributed by atoms with E-state index < -0.39 is 33.8 Å². The highest BCUT2D eigenvalue weighted by molar-refractivity contribution is 7.90. The molecule has 10 nitrogen and oxygen atoms in total. The van der Waals surface area contributed by atoms with Crippen LogP contribution in [0.2, 0.25) is 0 Å². The van der Waals surface area contributed by atoms with E-state index in [2.05, 4.69) is 5.32 Å². The van der Waals surface area contributed by atoms with Gasteiger partial charge in [0.05, 0.1) is 4.90 Å². The van der Waals surface area contributed by atoms with Gasteiger partial charge in [-0.15, -0.1) is 0 Å². The first kappa shape index (κ1) is 18.3. The van der Waals surface area contributed by atoms with Gasteiger partial charge in [-0.3, -0.25) is 0 Å². The van der Waals surface area contributed by atoms with Gasteiger partial charge < -0.3 is 20.5 Å². The number of anilines is 1. The van der Waals surface area contributed by atoms with Crippen molar-refractivity contribution in [1.82, 2.24) is 4.72 Å². The average molecular weight is 369 g/mol. The molecule has 0 bridgehead atoms. The molecule has 1 aliphatic rings. The number of esters is 2. The number of carbonyl (C=O) groups is 3. The van der Waals surface area contributed by atoms with Crippen LogP contribution in [0, 0.1) is 0 Å². The highest BCUT2D eigenvalue weighted by Gasteiger charge is 2.38. The average Bonchev–Trinajstić information content (AvgIpc) is 2.44. The van der Waals surface area contributed by atoms with Crippen LogP contribution in [0.4, 0.5) is 10.5 Å². The van der Waals surface area contributed by atoms with Crippen molar-refractivity contribution in [3.8, 4) is 0 Å². The van der Waals surface area contributed by atoms with Crippen LogP contribution in [0.5, 0.6) is 0 Å². The molecule has 1 aromatic rings. The molecule has 2 rings (SSSR count). The smallest absolute Gasteiger partial charge is 0.350 e. The lowest BCUT2D eigenvalue weighted by Gasteiger charge is -2.29. The molecule has 0 atom stereocenters. The van der Waals surface area contributed by atoms with E-state index in [-0.39, 0.29) is 10.5 Å². The standard InChI is InChI=1S/C14H15N3O7S/c1-14(2)23-11(18)10(12(19)24-14)7-16-8-3-5-9(6-4-8)25(21,22)17-13(15)20/h3-7,16H,1-2H3,(H3,15,17,20). The fraction of sp³-hybridized carbons (Fsp3) is 0.214. The molecule has 0 spiro atoms. The van der Waals surface area contributed by atoms with Crippen LogP contribution in [-0.4, -0.2) is 32.2 Å². The Bertz CT molecular complexity index is 835. The number of carbonyl (C=O) groups excluding carboxylic acids is 3. The zero-order chi connectivity index (χ0) is 18.8. The largest absolute Gasteiger partial charge is 0.419 e. The number of nitrogens with one attached hydrogen (secondary N) is 2. The molecule has 1 heterocycles. The fourth-order valence-corrected chi connectivity index (χ4v) is 2.73. The van der Waals surface area contributed by atoms with Gasteiger partial charge in [-0.1, -0.05) is 0 Å². The summed E-state index contributed by atoms with van der Waals surface area (Å²) in [6.45, 7) is 2.85. The number of primary amides is 1. The van der Waals surface area contributed by atoms with Gasteiger partial charge in [0.1, 0.15) is 0 Å². The molecule has 0 aromatic heterocycles. The molecule has 0 saturated carbocycles. The van der Waals surface area contributed by atoms with Gasteiger partial charge in [0.15, 0.2) is 5.57 Å². The number of hydrogen-bond acceptors (Lipinski definition) is 8. The zero-order valence-electron chi connectivity index (χ0n) is 13.2. The molecule has 0 unspecified atom stereocenters. The van der Waals surface area contributed by atoms with Crippen molar-refractivity contribution >= 4 is 33.7 Å². The van der Waals surface area contributed by atoms with Crippen LogP contribution < -0.4 is 15.8 Å². The molecule has 134 valence electrons. The van der Waals surface area contributed by atoms with Gasteiger partial charge in [-0.05, 0) is 24.3 Å². The van der Waals surface area contributed by atoms with Gasteiger partial charge >= 0.3 is 18.0 Å². The van der Waals surface area contributed by atoms with Crippen molar-refractivity contribution in [3.63, 3.8) is 0 Å². The molecule has 25 heavy (non-hydrogen) atoms. The monoisotopic (exact) mass is 369 g/mol. The van der Waals surface area contributed by atoms with E-state index in [0.29, 0.717) is 5.69 Å². The third-order valence-electron chi connectivity index (χ3n) is 2.90. The van der Waals surface area contributed by atoms with Crippen molar-refractivity contribution in [2.24, 2.45) is 5.73 Å². The lowest BCUT2D eigenvalue weighted by Crippen LogP contribution is -2.42.